The van der Waals surface area contributed by atoms with Gasteiger partial charge in [-0.1, -0.05) is 6.07 Å². The Bertz CT molecular complexity index is 412. The molecule has 2 heterocycles. The third-order valence-electron chi connectivity index (χ3n) is 2.04. The summed E-state index contributed by atoms with van der Waals surface area (Å²) in [6.07, 6.45) is 3.89. The van der Waals surface area contributed by atoms with Gasteiger partial charge in [-0.2, -0.15) is 0 Å². The van der Waals surface area contributed by atoms with Crippen molar-refractivity contribution in [3.63, 3.8) is 0 Å². The summed E-state index contributed by atoms with van der Waals surface area (Å²) in [4.78, 5) is 4.29. The number of nitrogens with zero attached hydrogens (tertiary/aromatic N) is 2. The average molecular weight is 203 g/mol. The van der Waals surface area contributed by atoms with E-state index in [1.807, 2.05) is 47.4 Å². The Hall–Kier alpha value is -1.97. The molecule has 0 radical (unpaired) electrons. The average Bonchev–Trinajstić information content (AvgIpc) is 2.79. The van der Waals surface area contributed by atoms with Crippen LogP contribution in [0.5, 0.6) is 5.88 Å². The number of methoxy groups -OCH3 is 1. The number of hydrogen-bond acceptors (Lipinski definition) is 3. The second-order valence-electron chi connectivity index (χ2n) is 3.10. The molecule has 0 spiro atoms. The Labute approximate surface area is 88.5 Å². The van der Waals surface area contributed by atoms with Crippen LogP contribution in [0.3, 0.4) is 0 Å². The van der Waals surface area contributed by atoms with Crippen molar-refractivity contribution in [2.45, 2.75) is 6.54 Å². The van der Waals surface area contributed by atoms with Crippen molar-refractivity contribution >= 4 is 0 Å². The van der Waals surface area contributed by atoms with Gasteiger partial charge in [0.25, 0.3) is 0 Å². The molecule has 0 aromatic carbocycles. The zero-order valence-electron chi connectivity index (χ0n) is 8.55. The van der Waals surface area contributed by atoms with E-state index in [2.05, 4.69) is 10.4 Å². The monoisotopic (exact) mass is 203 g/mol. The maximum absolute atomic E-state index is 5.05. The molecule has 0 atom stereocenters. The number of pyridine rings is 1. The number of ether oxygens (including phenoxy) is 1. The number of hydrogen-bond donors (Lipinski definition) is 1. The highest BCUT2D eigenvalue weighted by Gasteiger charge is 1.96. The van der Waals surface area contributed by atoms with Crippen molar-refractivity contribution < 1.29 is 4.74 Å². The summed E-state index contributed by atoms with van der Waals surface area (Å²) in [6, 6.07) is 9.65. The third kappa shape index (κ3) is 2.49. The summed E-state index contributed by atoms with van der Waals surface area (Å²) in [5.74, 6) is 0.641. The van der Waals surface area contributed by atoms with Crippen LogP contribution in [0.1, 0.15) is 5.69 Å². The molecule has 0 amide bonds. The van der Waals surface area contributed by atoms with Crippen molar-refractivity contribution in [2.75, 3.05) is 12.5 Å². The largest absolute Gasteiger partial charge is 0.481 e. The summed E-state index contributed by atoms with van der Waals surface area (Å²) in [5.41, 5.74) is 4.14. The molecule has 15 heavy (non-hydrogen) atoms. The molecule has 2 aromatic heterocycles. The van der Waals surface area contributed by atoms with Crippen molar-refractivity contribution in [1.82, 2.24) is 9.66 Å². The van der Waals surface area contributed by atoms with Gasteiger partial charge in [0.2, 0.25) is 5.88 Å². The zero-order valence-corrected chi connectivity index (χ0v) is 8.55. The predicted octanol–water partition coefficient (Wildman–Crippen LogP) is 1.64. The van der Waals surface area contributed by atoms with Gasteiger partial charge in [-0.05, 0) is 18.2 Å². The first-order valence-corrected chi connectivity index (χ1v) is 4.75. The maximum Gasteiger partial charge on any atom is 0.213 e. The fourth-order valence-electron chi connectivity index (χ4n) is 1.28. The Morgan fingerprint density at radius 3 is 2.80 bits per heavy atom. The predicted molar refractivity (Wildman–Crippen MR) is 58.3 cm³/mol. The summed E-state index contributed by atoms with van der Waals surface area (Å²) in [7, 11) is 1.62. The van der Waals surface area contributed by atoms with E-state index >= 15 is 0 Å². The quantitative estimate of drug-likeness (QED) is 0.821. The topological polar surface area (TPSA) is 39.1 Å². The highest BCUT2D eigenvalue weighted by atomic mass is 16.5. The van der Waals surface area contributed by atoms with E-state index in [0.29, 0.717) is 12.4 Å². The molecule has 0 aliphatic heterocycles. The van der Waals surface area contributed by atoms with E-state index in [-0.39, 0.29) is 0 Å². The minimum Gasteiger partial charge on any atom is -0.481 e. The van der Waals surface area contributed by atoms with Gasteiger partial charge in [0.15, 0.2) is 0 Å². The Morgan fingerprint density at radius 1 is 1.27 bits per heavy atom. The molecule has 0 aliphatic carbocycles. The molecule has 0 unspecified atom stereocenters. The minimum absolute atomic E-state index is 0.641. The lowest BCUT2D eigenvalue weighted by Crippen LogP contribution is -2.12. The van der Waals surface area contributed by atoms with Gasteiger partial charge >= 0.3 is 0 Å². The lowest BCUT2D eigenvalue weighted by molar-refractivity contribution is 0.396. The second kappa shape index (κ2) is 4.50. The van der Waals surface area contributed by atoms with Crippen LogP contribution < -0.4 is 10.2 Å². The summed E-state index contributed by atoms with van der Waals surface area (Å²) in [6.45, 7) is 0.672. The molecule has 1 N–H and O–H groups in total. The molecule has 4 heteroatoms. The van der Waals surface area contributed by atoms with E-state index in [1.165, 1.54) is 0 Å². The van der Waals surface area contributed by atoms with Crippen LogP contribution in [-0.2, 0) is 6.54 Å². The van der Waals surface area contributed by atoms with E-state index in [4.69, 9.17) is 4.74 Å². The van der Waals surface area contributed by atoms with Crippen LogP contribution >= 0.6 is 0 Å². The summed E-state index contributed by atoms with van der Waals surface area (Å²) < 4.78 is 6.94. The SMILES string of the molecule is COc1cccc(CNn2cccc2)n1. The zero-order chi connectivity index (χ0) is 10.5. The van der Waals surface area contributed by atoms with E-state index in [1.54, 1.807) is 7.11 Å². The number of nitrogens with one attached hydrogen (secondary N) is 1. The molecular weight excluding hydrogens is 190 g/mol. The molecular formula is C11H13N3O. The van der Waals surface area contributed by atoms with Gasteiger partial charge in [-0.15, -0.1) is 0 Å². The van der Waals surface area contributed by atoms with Crippen molar-refractivity contribution in [1.29, 1.82) is 0 Å². The van der Waals surface area contributed by atoms with Crippen molar-refractivity contribution in [3.05, 3.63) is 48.4 Å². The van der Waals surface area contributed by atoms with Gasteiger partial charge < -0.3 is 10.2 Å². The van der Waals surface area contributed by atoms with Gasteiger partial charge in [0.05, 0.1) is 19.3 Å². The fraction of sp³-hybridized carbons (Fsp3) is 0.182. The Balaban J connectivity index is 1.98. The highest BCUT2D eigenvalue weighted by Crippen LogP contribution is 2.06. The van der Waals surface area contributed by atoms with Crippen LogP contribution in [0.25, 0.3) is 0 Å². The highest BCUT2D eigenvalue weighted by molar-refractivity contribution is 5.16. The fourth-order valence-corrected chi connectivity index (χ4v) is 1.28. The van der Waals surface area contributed by atoms with Crippen molar-refractivity contribution in [2.24, 2.45) is 0 Å². The van der Waals surface area contributed by atoms with E-state index in [9.17, 15) is 0 Å². The Morgan fingerprint density at radius 2 is 2.07 bits per heavy atom. The molecule has 78 valence electrons. The molecule has 2 rings (SSSR count). The molecule has 0 aliphatic rings. The number of aromatic nitrogens is 2. The lowest BCUT2D eigenvalue weighted by atomic mass is 10.3. The molecule has 4 nitrogen and oxygen atoms in total. The van der Waals surface area contributed by atoms with Crippen LogP contribution in [0, 0.1) is 0 Å². The smallest absolute Gasteiger partial charge is 0.213 e. The summed E-state index contributed by atoms with van der Waals surface area (Å²) >= 11 is 0. The summed E-state index contributed by atoms with van der Waals surface area (Å²) in [5, 5.41) is 0. The molecule has 0 bridgehead atoms. The van der Waals surface area contributed by atoms with Crippen LogP contribution in [0.4, 0.5) is 0 Å². The van der Waals surface area contributed by atoms with Crippen LogP contribution in [0.2, 0.25) is 0 Å². The first-order valence-electron chi connectivity index (χ1n) is 4.75. The molecule has 0 saturated heterocycles. The van der Waals surface area contributed by atoms with Gasteiger partial charge in [0, 0.05) is 18.5 Å². The first kappa shape index (κ1) is 9.58. The molecule has 2 aromatic rings. The van der Waals surface area contributed by atoms with Gasteiger partial charge in [-0.25, -0.2) is 4.98 Å². The standard InChI is InChI=1S/C11H13N3O/c1-15-11-6-4-5-10(13-11)9-12-14-7-2-3-8-14/h2-8,12H,9H2,1H3. The van der Waals surface area contributed by atoms with Crippen molar-refractivity contribution in [3.8, 4) is 5.88 Å². The lowest BCUT2D eigenvalue weighted by Gasteiger charge is -2.07. The third-order valence-corrected chi connectivity index (χ3v) is 2.04. The first-order chi connectivity index (χ1) is 7.38. The minimum atomic E-state index is 0.641. The maximum atomic E-state index is 5.05. The van der Waals surface area contributed by atoms with E-state index in [0.717, 1.165) is 5.69 Å². The molecule has 0 saturated carbocycles. The van der Waals surface area contributed by atoms with Gasteiger partial charge in [-0.3, -0.25) is 4.68 Å². The van der Waals surface area contributed by atoms with Crippen LogP contribution in [0.15, 0.2) is 42.7 Å². The van der Waals surface area contributed by atoms with E-state index < -0.39 is 0 Å². The van der Waals surface area contributed by atoms with Gasteiger partial charge in [0.1, 0.15) is 0 Å². The Kier molecular flexibility index (Phi) is 2.88. The number of rotatable bonds is 4. The normalized spacial score (nSPS) is 9.93. The molecule has 0 fully saturated rings. The second-order valence-corrected chi connectivity index (χ2v) is 3.10. The van der Waals surface area contributed by atoms with Crippen LogP contribution in [-0.4, -0.2) is 16.8 Å².